The molecule has 0 atom stereocenters. The standard InChI is InChI=1S/C18H20ClN3O/c1-4-16-15(7-8-18-21-12(2)11-22(16)18)20-10-13-5-6-14(19)9-17(13)23-3/h5-9,11,20H,4,10H2,1-3H3. The van der Waals surface area contributed by atoms with Crippen molar-refractivity contribution in [3.8, 4) is 5.75 Å². The van der Waals surface area contributed by atoms with Crippen LogP contribution in [0.2, 0.25) is 5.02 Å². The van der Waals surface area contributed by atoms with E-state index < -0.39 is 0 Å². The molecular formula is C18H20ClN3O. The van der Waals surface area contributed by atoms with Gasteiger partial charge in [-0.1, -0.05) is 24.6 Å². The van der Waals surface area contributed by atoms with Gasteiger partial charge in [-0.3, -0.25) is 0 Å². The Morgan fingerprint density at radius 1 is 1.26 bits per heavy atom. The van der Waals surface area contributed by atoms with Gasteiger partial charge in [-0.05, 0) is 37.6 Å². The van der Waals surface area contributed by atoms with Gasteiger partial charge in [0.2, 0.25) is 0 Å². The maximum atomic E-state index is 6.02. The Morgan fingerprint density at radius 3 is 2.83 bits per heavy atom. The molecule has 0 aliphatic rings. The topological polar surface area (TPSA) is 38.6 Å². The fourth-order valence-electron chi connectivity index (χ4n) is 2.81. The highest BCUT2D eigenvalue weighted by molar-refractivity contribution is 6.30. The van der Waals surface area contributed by atoms with Gasteiger partial charge in [-0.15, -0.1) is 0 Å². The zero-order chi connectivity index (χ0) is 16.4. The van der Waals surface area contributed by atoms with Crippen LogP contribution in [0, 0.1) is 6.92 Å². The summed E-state index contributed by atoms with van der Waals surface area (Å²) in [6, 6.07) is 9.82. The summed E-state index contributed by atoms with van der Waals surface area (Å²) in [6.07, 6.45) is 3.00. The SMILES string of the molecule is CCc1c(NCc2ccc(Cl)cc2OC)ccc2nc(C)cn12. The van der Waals surface area contributed by atoms with E-state index in [0.717, 1.165) is 34.8 Å². The highest BCUT2D eigenvalue weighted by Crippen LogP contribution is 2.25. The lowest BCUT2D eigenvalue weighted by atomic mass is 10.1. The first kappa shape index (κ1) is 15.7. The molecule has 4 nitrogen and oxygen atoms in total. The lowest BCUT2D eigenvalue weighted by Gasteiger charge is -2.15. The van der Waals surface area contributed by atoms with Gasteiger partial charge in [0.25, 0.3) is 0 Å². The number of hydrogen-bond acceptors (Lipinski definition) is 3. The van der Waals surface area contributed by atoms with Crippen molar-refractivity contribution in [3.63, 3.8) is 0 Å². The summed E-state index contributed by atoms with van der Waals surface area (Å²) in [7, 11) is 1.66. The van der Waals surface area contributed by atoms with Gasteiger partial charge < -0.3 is 14.5 Å². The molecule has 2 heterocycles. The van der Waals surface area contributed by atoms with Crippen LogP contribution in [0.3, 0.4) is 0 Å². The van der Waals surface area contributed by atoms with Gasteiger partial charge >= 0.3 is 0 Å². The summed E-state index contributed by atoms with van der Waals surface area (Å²) in [4.78, 5) is 4.52. The normalized spacial score (nSPS) is 11.0. The van der Waals surface area contributed by atoms with Crippen molar-refractivity contribution < 1.29 is 4.74 Å². The third-order valence-corrected chi connectivity index (χ3v) is 4.14. The zero-order valence-electron chi connectivity index (χ0n) is 13.6. The molecule has 0 aliphatic heterocycles. The molecule has 3 aromatic rings. The van der Waals surface area contributed by atoms with E-state index in [9.17, 15) is 0 Å². The molecule has 0 bridgehead atoms. The van der Waals surface area contributed by atoms with Crippen LogP contribution < -0.4 is 10.1 Å². The monoisotopic (exact) mass is 329 g/mol. The molecule has 1 aromatic carbocycles. The van der Waals surface area contributed by atoms with Gasteiger partial charge in [0.15, 0.2) is 0 Å². The minimum atomic E-state index is 0.673. The number of pyridine rings is 1. The Kier molecular flexibility index (Phi) is 4.44. The quantitative estimate of drug-likeness (QED) is 0.750. The predicted octanol–water partition coefficient (Wildman–Crippen LogP) is 4.48. The molecule has 5 heteroatoms. The van der Waals surface area contributed by atoms with Gasteiger partial charge in [0, 0.05) is 29.0 Å². The Labute approximate surface area is 141 Å². The van der Waals surface area contributed by atoms with Crippen LogP contribution in [0.5, 0.6) is 5.75 Å². The number of halogens is 1. The van der Waals surface area contributed by atoms with Crippen molar-refractivity contribution in [3.05, 3.63) is 58.5 Å². The van der Waals surface area contributed by atoms with Crippen molar-refractivity contribution >= 4 is 22.9 Å². The second kappa shape index (κ2) is 6.50. The van der Waals surface area contributed by atoms with Crippen LogP contribution in [-0.4, -0.2) is 16.5 Å². The van der Waals surface area contributed by atoms with E-state index in [4.69, 9.17) is 16.3 Å². The first-order valence-electron chi connectivity index (χ1n) is 7.66. The van der Waals surface area contributed by atoms with Gasteiger partial charge in [0.1, 0.15) is 11.4 Å². The van der Waals surface area contributed by atoms with Crippen LogP contribution in [0.4, 0.5) is 5.69 Å². The maximum absolute atomic E-state index is 6.02. The van der Waals surface area contributed by atoms with E-state index in [1.165, 1.54) is 5.69 Å². The molecule has 23 heavy (non-hydrogen) atoms. The molecule has 0 saturated heterocycles. The van der Waals surface area contributed by atoms with Crippen LogP contribution in [0.1, 0.15) is 23.9 Å². The number of rotatable bonds is 5. The predicted molar refractivity (Wildman–Crippen MR) is 94.6 cm³/mol. The van der Waals surface area contributed by atoms with E-state index >= 15 is 0 Å². The molecule has 0 spiro atoms. The van der Waals surface area contributed by atoms with E-state index in [-0.39, 0.29) is 0 Å². The van der Waals surface area contributed by atoms with Crippen molar-refractivity contribution in [2.75, 3.05) is 12.4 Å². The molecule has 0 fully saturated rings. The van der Waals surface area contributed by atoms with Gasteiger partial charge in [-0.2, -0.15) is 0 Å². The number of nitrogens with zero attached hydrogens (tertiary/aromatic N) is 2. The number of methoxy groups -OCH3 is 1. The Balaban J connectivity index is 1.90. The lowest BCUT2D eigenvalue weighted by molar-refractivity contribution is 0.410. The number of aryl methyl sites for hydroxylation is 2. The van der Waals surface area contributed by atoms with Gasteiger partial charge in [0.05, 0.1) is 18.5 Å². The minimum Gasteiger partial charge on any atom is -0.496 e. The summed E-state index contributed by atoms with van der Waals surface area (Å²) < 4.78 is 7.55. The number of anilines is 1. The molecular weight excluding hydrogens is 310 g/mol. The van der Waals surface area contributed by atoms with E-state index in [0.29, 0.717) is 11.6 Å². The van der Waals surface area contributed by atoms with Crippen molar-refractivity contribution in [1.29, 1.82) is 0 Å². The van der Waals surface area contributed by atoms with Crippen molar-refractivity contribution in [2.24, 2.45) is 0 Å². The largest absolute Gasteiger partial charge is 0.496 e. The molecule has 2 aromatic heterocycles. The highest BCUT2D eigenvalue weighted by Gasteiger charge is 2.09. The first-order chi connectivity index (χ1) is 11.1. The average Bonchev–Trinajstić information content (AvgIpc) is 2.93. The number of fused-ring (bicyclic) bond motifs is 1. The van der Waals surface area contributed by atoms with Crippen LogP contribution in [0.15, 0.2) is 36.5 Å². The molecule has 0 unspecified atom stereocenters. The molecule has 0 saturated carbocycles. The third-order valence-electron chi connectivity index (χ3n) is 3.91. The van der Waals surface area contributed by atoms with Crippen LogP contribution in [-0.2, 0) is 13.0 Å². The molecule has 0 amide bonds. The Bertz CT molecular complexity index is 842. The Morgan fingerprint density at radius 2 is 2.09 bits per heavy atom. The second-order valence-electron chi connectivity index (χ2n) is 5.47. The number of ether oxygens (including phenoxy) is 1. The molecule has 0 radical (unpaired) electrons. The highest BCUT2D eigenvalue weighted by atomic mass is 35.5. The lowest BCUT2D eigenvalue weighted by Crippen LogP contribution is -2.06. The fourth-order valence-corrected chi connectivity index (χ4v) is 2.97. The van der Waals surface area contributed by atoms with Gasteiger partial charge in [-0.25, -0.2) is 4.98 Å². The van der Waals surface area contributed by atoms with Crippen molar-refractivity contribution in [1.82, 2.24) is 9.38 Å². The fraction of sp³-hybridized carbons (Fsp3) is 0.278. The molecule has 3 rings (SSSR count). The molecule has 1 N–H and O–H groups in total. The third kappa shape index (κ3) is 3.13. The number of hydrogen-bond donors (Lipinski definition) is 1. The number of benzene rings is 1. The summed E-state index contributed by atoms with van der Waals surface area (Å²) in [5, 5.41) is 4.18. The van der Waals surface area contributed by atoms with Crippen LogP contribution >= 0.6 is 11.6 Å². The van der Waals surface area contributed by atoms with Crippen molar-refractivity contribution in [2.45, 2.75) is 26.8 Å². The molecule has 120 valence electrons. The maximum Gasteiger partial charge on any atom is 0.137 e. The second-order valence-corrected chi connectivity index (χ2v) is 5.90. The smallest absolute Gasteiger partial charge is 0.137 e. The number of aromatic nitrogens is 2. The summed E-state index contributed by atoms with van der Waals surface area (Å²) in [5.74, 6) is 0.794. The minimum absolute atomic E-state index is 0.673. The van der Waals surface area contributed by atoms with Crippen LogP contribution in [0.25, 0.3) is 5.65 Å². The summed E-state index contributed by atoms with van der Waals surface area (Å²) in [6.45, 7) is 4.84. The van der Waals surface area contributed by atoms with E-state index in [1.807, 2.05) is 31.2 Å². The number of nitrogens with one attached hydrogen (secondary N) is 1. The molecule has 0 aliphatic carbocycles. The summed E-state index contributed by atoms with van der Waals surface area (Å²) in [5.41, 5.74) is 5.40. The first-order valence-corrected chi connectivity index (χ1v) is 8.04. The Hall–Kier alpha value is -2.20. The number of imidazole rings is 1. The average molecular weight is 330 g/mol. The van der Waals surface area contributed by atoms with E-state index in [2.05, 4.69) is 33.9 Å². The van der Waals surface area contributed by atoms with E-state index in [1.54, 1.807) is 7.11 Å². The zero-order valence-corrected chi connectivity index (χ0v) is 14.3. The summed E-state index contributed by atoms with van der Waals surface area (Å²) >= 11 is 6.02.